The lowest BCUT2D eigenvalue weighted by molar-refractivity contribution is 0.102. The number of benzene rings is 2. The maximum atomic E-state index is 12.7. The molecule has 0 unspecified atom stereocenters. The van der Waals surface area contributed by atoms with Crippen molar-refractivity contribution < 1.29 is 22.5 Å². The lowest BCUT2D eigenvalue weighted by Gasteiger charge is -2.18. The first-order chi connectivity index (χ1) is 14.2. The number of rotatable bonds is 6. The largest absolute Gasteiger partial charge is 0.496 e. The molecular formula is C20H20N4O5S. The topological polar surface area (TPSA) is 122 Å². The van der Waals surface area contributed by atoms with Gasteiger partial charge in [-0.15, -0.1) is 0 Å². The number of carbonyl (C=O) groups excluding carboxylic acids is 1. The van der Waals surface area contributed by atoms with Gasteiger partial charge in [-0.25, -0.2) is 9.97 Å². The second kappa shape index (κ2) is 8.47. The number of aryl methyl sites for hydroxylation is 1. The van der Waals surface area contributed by atoms with E-state index in [4.69, 9.17) is 4.74 Å². The van der Waals surface area contributed by atoms with Crippen LogP contribution >= 0.6 is 0 Å². The van der Waals surface area contributed by atoms with Gasteiger partial charge in [0.15, 0.2) is 0 Å². The zero-order valence-electron chi connectivity index (χ0n) is 16.5. The van der Waals surface area contributed by atoms with E-state index in [2.05, 4.69) is 15.3 Å². The Morgan fingerprint density at radius 2 is 1.87 bits per heavy atom. The zero-order chi connectivity index (χ0) is 21.9. The van der Waals surface area contributed by atoms with Crippen molar-refractivity contribution in [3.05, 3.63) is 66.0 Å². The molecule has 10 heteroatoms. The highest BCUT2D eigenvalue weighted by Gasteiger charge is 2.19. The van der Waals surface area contributed by atoms with Crippen molar-refractivity contribution in [2.45, 2.75) is 6.92 Å². The summed E-state index contributed by atoms with van der Waals surface area (Å²) in [4.78, 5) is 21.0. The fourth-order valence-electron chi connectivity index (χ4n) is 2.83. The molecule has 2 aromatic carbocycles. The van der Waals surface area contributed by atoms with Gasteiger partial charge < -0.3 is 10.1 Å². The molecule has 0 saturated heterocycles. The molecule has 156 valence electrons. The smallest absolute Gasteiger partial charge is 0.359 e. The predicted octanol–water partition coefficient (Wildman–Crippen LogP) is 2.95. The Hall–Kier alpha value is -3.50. The monoisotopic (exact) mass is 428 g/mol. The molecule has 0 aliphatic heterocycles. The molecule has 0 fully saturated rings. The number of methoxy groups -OCH3 is 1. The molecule has 3 aromatic rings. The van der Waals surface area contributed by atoms with Crippen LogP contribution < -0.4 is 14.4 Å². The minimum Gasteiger partial charge on any atom is -0.496 e. The highest BCUT2D eigenvalue weighted by molar-refractivity contribution is 7.87. The number of nitrogens with zero attached hydrogens (tertiary/aromatic N) is 3. The summed E-state index contributed by atoms with van der Waals surface area (Å²) in [7, 11) is -1.70. The number of amides is 1. The molecule has 1 aromatic heterocycles. The summed E-state index contributed by atoms with van der Waals surface area (Å²) in [5.41, 5.74) is 2.26. The van der Waals surface area contributed by atoms with E-state index in [1.54, 1.807) is 38.3 Å². The van der Waals surface area contributed by atoms with Gasteiger partial charge >= 0.3 is 10.3 Å². The first kappa shape index (κ1) is 21.2. The Bertz CT molecular complexity index is 1200. The molecule has 0 radical (unpaired) electrons. The molecule has 3 rings (SSSR count). The highest BCUT2D eigenvalue weighted by atomic mass is 32.2. The third-order valence-corrected chi connectivity index (χ3v) is 5.34. The Kier molecular flexibility index (Phi) is 5.99. The molecule has 1 amide bonds. The van der Waals surface area contributed by atoms with E-state index in [1.807, 2.05) is 18.2 Å². The number of anilines is 2. The standard InChI is InChI=1S/C20H20N4O5S/c1-13-8-9-14(10-17(13)24(2)30(26,27)28)20(25)23-19-11-16(21-12-22-19)15-6-4-5-7-18(15)29-3/h4-12H,1-3H3,(H,26,27,28)(H,21,22,23,25). The van der Waals surface area contributed by atoms with Crippen LogP contribution in [-0.4, -0.2) is 43.0 Å². The van der Waals surface area contributed by atoms with E-state index in [9.17, 15) is 17.8 Å². The minimum atomic E-state index is -4.45. The van der Waals surface area contributed by atoms with Crippen LogP contribution in [0.5, 0.6) is 5.75 Å². The summed E-state index contributed by atoms with van der Waals surface area (Å²) in [6, 6.07) is 13.4. The first-order valence-corrected chi connectivity index (χ1v) is 10.2. The van der Waals surface area contributed by atoms with E-state index in [0.29, 0.717) is 21.3 Å². The molecule has 0 atom stereocenters. The van der Waals surface area contributed by atoms with Crippen LogP contribution in [0.4, 0.5) is 11.5 Å². The van der Waals surface area contributed by atoms with Gasteiger partial charge in [-0.3, -0.25) is 13.7 Å². The number of hydrogen-bond donors (Lipinski definition) is 2. The number of hydrogen-bond acceptors (Lipinski definition) is 6. The van der Waals surface area contributed by atoms with Crippen molar-refractivity contribution in [3.63, 3.8) is 0 Å². The molecule has 0 saturated carbocycles. The van der Waals surface area contributed by atoms with Crippen molar-refractivity contribution in [2.75, 3.05) is 23.8 Å². The highest BCUT2D eigenvalue weighted by Crippen LogP contribution is 2.29. The Morgan fingerprint density at radius 3 is 2.57 bits per heavy atom. The first-order valence-electron chi connectivity index (χ1n) is 8.79. The fraction of sp³-hybridized carbons (Fsp3) is 0.150. The SMILES string of the molecule is COc1ccccc1-c1cc(NC(=O)c2ccc(C)c(N(C)S(=O)(=O)O)c2)ncn1. The van der Waals surface area contributed by atoms with Crippen molar-refractivity contribution in [2.24, 2.45) is 0 Å². The van der Waals surface area contributed by atoms with Crippen LogP contribution in [0.2, 0.25) is 0 Å². The number of carbonyl (C=O) groups is 1. The van der Waals surface area contributed by atoms with E-state index in [1.165, 1.54) is 19.4 Å². The van der Waals surface area contributed by atoms with Gasteiger partial charge in [0.2, 0.25) is 0 Å². The average Bonchev–Trinajstić information content (AvgIpc) is 2.73. The summed E-state index contributed by atoms with van der Waals surface area (Å²) in [5.74, 6) is 0.399. The van der Waals surface area contributed by atoms with Gasteiger partial charge in [-0.2, -0.15) is 8.42 Å². The summed E-state index contributed by atoms with van der Waals surface area (Å²) in [6.07, 6.45) is 1.32. The van der Waals surface area contributed by atoms with Crippen LogP contribution in [0, 0.1) is 6.92 Å². The normalized spacial score (nSPS) is 11.1. The minimum absolute atomic E-state index is 0.183. The molecule has 0 aliphatic rings. The van der Waals surface area contributed by atoms with E-state index in [0.717, 1.165) is 5.56 Å². The van der Waals surface area contributed by atoms with Gasteiger partial charge in [0.05, 0.1) is 18.5 Å². The summed E-state index contributed by atoms with van der Waals surface area (Å²) in [6.45, 7) is 1.67. The number of para-hydroxylation sites is 1. The van der Waals surface area contributed by atoms with E-state index < -0.39 is 16.2 Å². The quantitative estimate of drug-likeness (QED) is 0.579. The molecule has 30 heavy (non-hydrogen) atoms. The molecule has 0 bridgehead atoms. The third-order valence-electron chi connectivity index (χ3n) is 4.45. The second-order valence-electron chi connectivity index (χ2n) is 6.39. The molecule has 9 nitrogen and oxygen atoms in total. The molecule has 0 spiro atoms. The zero-order valence-corrected chi connectivity index (χ0v) is 17.3. The summed E-state index contributed by atoms with van der Waals surface area (Å²) >= 11 is 0. The molecule has 0 aliphatic carbocycles. The maximum Gasteiger partial charge on any atom is 0.359 e. The average molecular weight is 428 g/mol. The van der Waals surface area contributed by atoms with Gasteiger partial charge in [0.1, 0.15) is 17.9 Å². The van der Waals surface area contributed by atoms with Gasteiger partial charge in [0, 0.05) is 24.2 Å². The van der Waals surface area contributed by atoms with Crippen LogP contribution in [0.25, 0.3) is 11.3 Å². The van der Waals surface area contributed by atoms with Crippen molar-refractivity contribution in [1.29, 1.82) is 0 Å². The van der Waals surface area contributed by atoms with Crippen LogP contribution in [0.3, 0.4) is 0 Å². The van der Waals surface area contributed by atoms with Crippen LogP contribution in [0.15, 0.2) is 54.9 Å². The number of aromatic nitrogens is 2. The van der Waals surface area contributed by atoms with E-state index >= 15 is 0 Å². The summed E-state index contributed by atoms with van der Waals surface area (Å²) in [5, 5.41) is 2.67. The number of nitrogens with one attached hydrogen (secondary N) is 1. The van der Waals surface area contributed by atoms with Gasteiger partial charge in [0.25, 0.3) is 5.91 Å². The van der Waals surface area contributed by atoms with Crippen LogP contribution in [-0.2, 0) is 10.3 Å². The second-order valence-corrected chi connectivity index (χ2v) is 7.83. The maximum absolute atomic E-state index is 12.7. The van der Waals surface area contributed by atoms with Crippen molar-refractivity contribution in [3.8, 4) is 17.0 Å². The molecule has 1 heterocycles. The Labute approximate surface area is 174 Å². The lowest BCUT2D eigenvalue weighted by atomic mass is 10.1. The Morgan fingerprint density at radius 1 is 1.13 bits per heavy atom. The van der Waals surface area contributed by atoms with Gasteiger partial charge in [-0.05, 0) is 36.8 Å². The third kappa shape index (κ3) is 4.56. The van der Waals surface area contributed by atoms with Gasteiger partial charge in [-0.1, -0.05) is 18.2 Å². The Balaban J connectivity index is 1.89. The van der Waals surface area contributed by atoms with E-state index in [-0.39, 0.29) is 17.1 Å². The van der Waals surface area contributed by atoms with Crippen LogP contribution in [0.1, 0.15) is 15.9 Å². The molecule has 2 N–H and O–H groups in total. The fourth-order valence-corrected chi connectivity index (χ4v) is 3.28. The van der Waals surface area contributed by atoms with Crippen molar-refractivity contribution in [1.82, 2.24) is 9.97 Å². The summed E-state index contributed by atoms with van der Waals surface area (Å²) < 4.78 is 38.2. The van der Waals surface area contributed by atoms with Crippen molar-refractivity contribution >= 4 is 27.7 Å². The number of ether oxygens (including phenoxy) is 1. The lowest BCUT2D eigenvalue weighted by Crippen LogP contribution is -2.26. The molecular weight excluding hydrogens is 408 g/mol. The predicted molar refractivity (Wildman–Crippen MR) is 113 cm³/mol.